The summed E-state index contributed by atoms with van der Waals surface area (Å²) in [6, 6.07) is 3.19. The van der Waals surface area contributed by atoms with Crippen molar-refractivity contribution in [3.05, 3.63) is 28.8 Å². The Labute approximate surface area is 119 Å². The molecule has 1 rings (SSSR count). The van der Waals surface area contributed by atoms with Crippen LogP contribution >= 0.6 is 15.9 Å². The lowest BCUT2D eigenvalue weighted by Crippen LogP contribution is -2.10. The van der Waals surface area contributed by atoms with E-state index in [1.165, 1.54) is 6.07 Å². The zero-order valence-electron chi connectivity index (χ0n) is 10.7. The maximum atomic E-state index is 12.3. The molecule has 0 spiro atoms. The standard InChI is InChI=1S/C13H15BrF2O3/c1-3-18-12(17)6-9-5-11(19-13(15)16)8(2)4-10(9)7-14/h4-5,13H,3,6-7H2,1-2H3. The number of hydrogen-bond acceptors (Lipinski definition) is 3. The minimum atomic E-state index is -2.89. The SMILES string of the molecule is CCOC(=O)Cc1cc(OC(F)F)c(C)cc1CBr. The van der Waals surface area contributed by atoms with Gasteiger partial charge in [-0.2, -0.15) is 8.78 Å². The van der Waals surface area contributed by atoms with Gasteiger partial charge in [0.1, 0.15) is 5.75 Å². The number of rotatable bonds is 6. The molecule has 106 valence electrons. The molecular weight excluding hydrogens is 322 g/mol. The third-order valence-corrected chi connectivity index (χ3v) is 3.10. The number of carbonyl (C=O) groups is 1. The molecular formula is C13H15BrF2O3. The molecule has 0 aromatic heterocycles. The summed E-state index contributed by atoms with van der Waals surface area (Å²) in [5, 5.41) is 0.525. The quantitative estimate of drug-likeness (QED) is 0.588. The number of benzene rings is 1. The highest BCUT2D eigenvalue weighted by molar-refractivity contribution is 9.08. The molecule has 0 aliphatic carbocycles. The highest BCUT2D eigenvalue weighted by Crippen LogP contribution is 2.26. The summed E-state index contributed by atoms with van der Waals surface area (Å²) in [5.74, 6) is -0.310. The first-order valence-corrected chi connectivity index (χ1v) is 6.88. The van der Waals surface area contributed by atoms with E-state index in [0.717, 1.165) is 5.56 Å². The van der Waals surface area contributed by atoms with Crippen molar-refractivity contribution in [2.45, 2.75) is 32.2 Å². The smallest absolute Gasteiger partial charge is 0.387 e. The number of carbonyl (C=O) groups excluding carboxylic acids is 1. The van der Waals surface area contributed by atoms with Crippen molar-refractivity contribution in [2.75, 3.05) is 6.61 Å². The maximum Gasteiger partial charge on any atom is 0.387 e. The van der Waals surface area contributed by atoms with E-state index in [1.807, 2.05) is 0 Å². The van der Waals surface area contributed by atoms with Crippen LogP contribution in [0.15, 0.2) is 12.1 Å². The predicted octanol–water partition coefficient (Wildman–Crippen LogP) is 3.60. The van der Waals surface area contributed by atoms with E-state index in [4.69, 9.17) is 4.74 Å². The number of halogens is 3. The van der Waals surface area contributed by atoms with Gasteiger partial charge in [-0.1, -0.05) is 22.0 Å². The Bertz CT molecular complexity index is 450. The van der Waals surface area contributed by atoms with Crippen LogP contribution in [0.3, 0.4) is 0 Å². The topological polar surface area (TPSA) is 35.5 Å². The van der Waals surface area contributed by atoms with Gasteiger partial charge in [0.15, 0.2) is 0 Å². The first-order valence-electron chi connectivity index (χ1n) is 5.76. The summed E-state index contributed by atoms with van der Waals surface area (Å²) < 4.78 is 33.8. The van der Waals surface area contributed by atoms with Crippen molar-refractivity contribution in [3.8, 4) is 5.75 Å². The first-order chi connectivity index (χ1) is 8.97. The zero-order chi connectivity index (χ0) is 14.4. The largest absolute Gasteiger partial charge is 0.466 e. The Hall–Kier alpha value is -1.17. The molecule has 0 bridgehead atoms. The Morgan fingerprint density at radius 3 is 2.58 bits per heavy atom. The van der Waals surface area contributed by atoms with Gasteiger partial charge in [-0.3, -0.25) is 4.79 Å². The van der Waals surface area contributed by atoms with E-state index in [9.17, 15) is 13.6 Å². The van der Waals surface area contributed by atoms with Crippen molar-refractivity contribution < 1.29 is 23.0 Å². The molecule has 0 heterocycles. The molecule has 0 radical (unpaired) electrons. The van der Waals surface area contributed by atoms with Gasteiger partial charge < -0.3 is 9.47 Å². The van der Waals surface area contributed by atoms with Crippen LogP contribution in [0.4, 0.5) is 8.78 Å². The summed E-state index contributed by atoms with van der Waals surface area (Å²) in [7, 11) is 0. The van der Waals surface area contributed by atoms with Crippen molar-refractivity contribution in [2.24, 2.45) is 0 Å². The van der Waals surface area contributed by atoms with E-state index in [-0.39, 0.29) is 18.8 Å². The number of aryl methyl sites for hydroxylation is 1. The third-order valence-electron chi connectivity index (χ3n) is 2.50. The lowest BCUT2D eigenvalue weighted by molar-refractivity contribution is -0.142. The number of alkyl halides is 3. The van der Waals surface area contributed by atoms with E-state index >= 15 is 0 Å². The van der Waals surface area contributed by atoms with Crippen molar-refractivity contribution >= 4 is 21.9 Å². The second-order valence-corrected chi connectivity index (χ2v) is 4.44. The lowest BCUT2D eigenvalue weighted by atomic mass is 10.0. The van der Waals surface area contributed by atoms with Gasteiger partial charge in [-0.05, 0) is 36.6 Å². The van der Waals surface area contributed by atoms with Crippen molar-refractivity contribution in [3.63, 3.8) is 0 Å². The predicted molar refractivity (Wildman–Crippen MR) is 70.8 cm³/mol. The molecule has 0 unspecified atom stereocenters. The number of hydrogen-bond donors (Lipinski definition) is 0. The fourth-order valence-corrected chi connectivity index (χ4v) is 2.19. The number of ether oxygens (including phenoxy) is 2. The van der Waals surface area contributed by atoms with Crippen LogP contribution in [0.1, 0.15) is 23.6 Å². The third kappa shape index (κ3) is 4.78. The van der Waals surface area contributed by atoms with Crippen LogP contribution in [0.2, 0.25) is 0 Å². The molecule has 19 heavy (non-hydrogen) atoms. The van der Waals surface area contributed by atoms with Crippen molar-refractivity contribution in [1.29, 1.82) is 0 Å². The van der Waals surface area contributed by atoms with Gasteiger partial charge in [0.05, 0.1) is 13.0 Å². The second kappa shape index (κ2) is 7.43. The minimum Gasteiger partial charge on any atom is -0.466 e. The molecule has 6 heteroatoms. The van der Waals surface area contributed by atoms with Crippen LogP contribution in [-0.2, 0) is 21.3 Å². The summed E-state index contributed by atoms with van der Waals surface area (Å²) in [5.41, 5.74) is 2.08. The first kappa shape index (κ1) is 15.9. The molecule has 0 saturated carbocycles. The molecule has 0 aliphatic heterocycles. The molecule has 1 aromatic carbocycles. The zero-order valence-corrected chi connectivity index (χ0v) is 12.3. The molecule has 0 amide bonds. The fourth-order valence-electron chi connectivity index (χ4n) is 1.67. The molecule has 0 aliphatic rings. The molecule has 0 saturated heterocycles. The van der Waals surface area contributed by atoms with Crippen molar-refractivity contribution in [1.82, 2.24) is 0 Å². The van der Waals surface area contributed by atoms with E-state index in [1.54, 1.807) is 19.9 Å². The molecule has 1 aromatic rings. The Morgan fingerprint density at radius 1 is 1.37 bits per heavy atom. The monoisotopic (exact) mass is 336 g/mol. The molecule has 3 nitrogen and oxygen atoms in total. The van der Waals surface area contributed by atoms with Gasteiger partial charge in [-0.15, -0.1) is 0 Å². The highest BCUT2D eigenvalue weighted by atomic mass is 79.9. The Morgan fingerprint density at radius 2 is 2.05 bits per heavy atom. The van der Waals surface area contributed by atoms with Gasteiger partial charge >= 0.3 is 12.6 Å². The van der Waals surface area contributed by atoms with Gasteiger partial charge in [0.25, 0.3) is 0 Å². The molecule has 0 fully saturated rings. The Kier molecular flexibility index (Phi) is 6.21. The van der Waals surface area contributed by atoms with Crippen LogP contribution in [0.25, 0.3) is 0 Å². The Balaban J connectivity index is 3.02. The lowest BCUT2D eigenvalue weighted by Gasteiger charge is -2.13. The van der Waals surface area contributed by atoms with Crippen LogP contribution in [0.5, 0.6) is 5.75 Å². The fraction of sp³-hybridized carbons (Fsp3) is 0.462. The highest BCUT2D eigenvalue weighted by Gasteiger charge is 2.14. The van der Waals surface area contributed by atoms with Crippen LogP contribution < -0.4 is 4.74 Å². The average Bonchev–Trinajstić information content (AvgIpc) is 2.32. The van der Waals surface area contributed by atoms with E-state index < -0.39 is 12.6 Å². The number of esters is 1. The van der Waals surface area contributed by atoms with Crippen LogP contribution in [-0.4, -0.2) is 19.2 Å². The van der Waals surface area contributed by atoms with Gasteiger partial charge in [0, 0.05) is 5.33 Å². The minimum absolute atomic E-state index is 0.0364. The van der Waals surface area contributed by atoms with E-state index in [2.05, 4.69) is 20.7 Å². The summed E-state index contributed by atoms with van der Waals surface area (Å²) in [6.45, 7) is 0.792. The second-order valence-electron chi connectivity index (χ2n) is 3.88. The summed E-state index contributed by atoms with van der Waals surface area (Å²) >= 11 is 3.31. The summed E-state index contributed by atoms with van der Waals surface area (Å²) in [6.07, 6.45) is 0.0364. The van der Waals surface area contributed by atoms with E-state index in [0.29, 0.717) is 16.5 Å². The average molecular weight is 337 g/mol. The maximum absolute atomic E-state index is 12.3. The summed E-state index contributed by atoms with van der Waals surface area (Å²) in [4.78, 5) is 11.5. The molecule has 0 atom stereocenters. The normalized spacial score (nSPS) is 10.6. The van der Waals surface area contributed by atoms with Gasteiger partial charge in [-0.25, -0.2) is 0 Å². The van der Waals surface area contributed by atoms with Crippen LogP contribution in [0, 0.1) is 6.92 Å². The van der Waals surface area contributed by atoms with Gasteiger partial charge in [0.2, 0.25) is 0 Å². The molecule has 0 N–H and O–H groups in total.